The first-order valence-corrected chi connectivity index (χ1v) is 4.81. The molecular formula is C10H8ClNO5. The highest BCUT2D eigenvalue weighted by Gasteiger charge is 2.19. The second kappa shape index (κ2) is 4.84. The number of nitrogens with two attached hydrogens (primary N) is 1. The Labute approximate surface area is 101 Å². The standard InChI is InChI=1S/C10H8ClNO5/c11-7(8(12)13)4-1-5(9(14)15)3-6(2-4)10(16)17/h1-3,7H,(H2,12,13)(H,14,15)(H,16,17). The summed E-state index contributed by atoms with van der Waals surface area (Å²) in [7, 11) is 0. The minimum Gasteiger partial charge on any atom is -0.478 e. The maximum Gasteiger partial charge on any atom is 0.335 e. The van der Waals surface area contributed by atoms with Crippen molar-refractivity contribution >= 4 is 29.4 Å². The van der Waals surface area contributed by atoms with Crippen molar-refractivity contribution in [1.29, 1.82) is 0 Å². The van der Waals surface area contributed by atoms with Crippen molar-refractivity contribution in [3.8, 4) is 0 Å². The van der Waals surface area contributed by atoms with Gasteiger partial charge in [0.2, 0.25) is 5.91 Å². The molecule has 0 saturated carbocycles. The zero-order chi connectivity index (χ0) is 13.2. The molecule has 0 bridgehead atoms. The van der Waals surface area contributed by atoms with Crippen LogP contribution in [0.3, 0.4) is 0 Å². The van der Waals surface area contributed by atoms with Crippen molar-refractivity contribution in [2.75, 3.05) is 0 Å². The first kappa shape index (κ1) is 13.0. The number of rotatable bonds is 4. The lowest BCUT2D eigenvalue weighted by Gasteiger charge is -2.08. The number of carboxylic acids is 2. The van der Waals surface area contributed by atoms with Crippen molar-refractivity contribution in [2.24, 2.45) is 5.73 Å². The molecule has 0 saturated heterocycles. The van der Waals surface area contributed by atoms with E-state index in [1.54, 1.807) is 0 Å². The molecule has 4 N–H and O–H groups in total. The molecule has 0 spiro atoms. The van der Waals surface area contributed by atoms with Crippen molar-refractivity contribution in [3.05, 3.63) is 34.9 Å². The molecule has 1 aromatic rings. The summed E-state index contributed by atoms with van der Waals surface area (Å²) < 4.78 is 0. The van der Waals surface area contributed by atoms with Gasteiger partial charge in [-0.1, -0.05) is 0 Å². The minimum absolute atomic E-state index is 0.0384. The zero-order valence-corrected chi connectivity index (χ0v) is 9.14. The maximum atomic E-state index is 10.9. The Hall–Kier alpha value is -2.08. The largest absolute Gasteiger partial charge is 0.478 e. The highest BCUT2D eigenvalue weighted by molar-refractivity contribution is 6.30. The molecule has 1 rings (SSSR count). The fraction of sp³-hybridized carbons (Fsp3) is 0.100. The number of halogens is 1. The van der Waals surface area contributed by atoms with E-state index in [4.69, 9.17) is 27.5 Å². The van der Waals surface area contributed by atoms with Gasteiger partial charge in [0.1, 0.15) is 5.38 Å². The number of benzene rings is 1. The second-order valence-electron chi connectivity index (χ2n) is 3.22. The molecule has 90 valence electrons. The van der Waals surface area contributed by atoms with E-state index in [9.17, 15) is 14.4 Å². The first-order chi connectivity index (χ1) is 7.82. The lowest BCUT2D eigenvalue weighted by molar-refractivity contribution is -0.117. The number of aromatic carboxylic acids is 2. The van der Waals surface area contributed by atoms with E-state index in [0.717, 1.165) is 18.2 Å². The van der Waals surface area contributed by atoms with Crippen LogP contribution in [0, 0.1) is 0 Å². The highest BCUT2D eigenvalue weighted by atomic mass is 35.5. The van der Waals surface area contributed by atoms with E-state index >= 15 is 0 Å². The molecule has 17 heavy (non-hydrogen) atoms. The van der Waals surface area contributed by atoms with Gasteiger partial charge in [-0.2, -0.15) is 0 Å². The fourth-order valence-corrected chi connectivity index (χ4v) is 1.34. The van der Waals surface area contributed by atoms with Gasteiger partial charge in [-0.15, -0.1) is 11.6 Å². The van der Waals surface area contributed by atoms with Crippen LogP contribution < -0.4 is 5.73 Å². The molecule has 6 nitrogen and oxygen atoms in total. The molecule has 0 aromatic heterocycles. The average molecular weight is 258 g/mol. The molecule has 0 fully saturated rings. The van der Waals surface area contributed by atoms with Crippen LogP contribution in [0.15, 0.2) is 18.2 Å². The van der Waals surface area contributed by atoms with E-state index in [0.29, 0.717) is 0 Å². The van der Waals surface area contributed by atoms with Gasteiger partial charge in [0.05, 0.1) is 11.1 Å². The number of carbonyl (C=O) groups excluding carboxylic acids is 1. The van der Waals surface area contributed by atoms with Gasteiger partial charge in [-0.3, -0.25) is 4.79 Å². The number of primary amides is 1. The van der Waals surface area contributed by atoms with E-state index in [1.807, 2.05) is 0 Å². The van der Waals surface area contributed by atoms with Gasteiger partial charge in [-0.25, -0.2) is 9.59 Å². The number of alkyl halides is 1. The van der Waals surface area contributed by atoms with Gasteiger partial charge in [-0.05, 0) is 23.8 Å². The molecule has 0 aliphatic carbocycles. The molecule has 1 aromatic carbocycles. The Morgan fingerprint density at radius 2 is 1.47 bits per heavy atom. The SMILES string of the molecule is NC(=O)C(Cl)c1cc(C(=O)O)cc(C(=O)O)c1. The molecule has 0 aliphatic rings. The van der Waals surface area contributed by atoms with Crippen LogP contribution in [0.5, 0.6) is 0 Å². The first-order valence-electron chi connectivity index (χ1n) is 4.38. The summed E-state index contributed by atoms with van der Waals surface area (Å²) in [6, 6.07) is 3.19. The Balaban J connectivity index is 3.36. The Morgan fingerprint density at radius 3 is 1.76 bits per heavy atom. The predicted octanol–water partition coefficient (Wildman–Crippen LogP) is 0.848. The number of hydrogen-bond acceptors (Lipinski definition) is 3. The monoisotopic (exact) mass is 257 g/mol. The quantitative estimate of drug-likeness (QED) is 0.691. The average Bonchev–Trinajstić information content (AvgIpc) is 2.27. The molecule has 1 unspecified atom stereocenters. The van der Waals surface area contributed by atoms with Crippen LogP contribution in [-0.2, 0) is 4.79 Å². The van der Waals surface area contributed by atoms with Gasteiger partial charge in [0.15, 0.2) is 0 Å². The van der Waals surface area contributed by atoms with E-state index in [-0.39, 0.29) is 16.7 Å². The highest BCUT2D eigenvalue weighted by Crippen LogP contribution is 2.23. The van der Waals surface area contributed by atoms with Gasteiger partial charge >= 0.3 is 11.9 Å². The Bertz CT molecular complexity index is 467. The van der Waals surface area contributed by atoms with E-state index in [1.165, 1.54) is 0 Å². The van der Waals surface area contributed by atoms with Gasteiger partial charge in [0, 0.05) is 0 Å². The summed E-state index contributed by atoms with van der Waals surface area (Å²) in [6.07, 6.45) is 0. The fourth-order valence-electron chi connectivity index (χ4n) is 1.21. The van der Waals surface area contributed by atoms with Crippen molar-refractivity contribution < 1.29 is 24.6 Å². The summed E-state index contributed by atoms with van der Waals surface area (Å²) >= 11 is 5.63. The topological polar surface area (TPSA) is 118 Å². The molecule has 0 heterocycles. The molecule has 1 atom stereocenters. The summed E-state index contributed by atoms with van der Waals surface area (Å²) in [5, 5.41) is 16.3. The van der Waals surface area contributed by atoms with E-state index in [2.05, 4.69) is 0 Å². The van der Waals surface area contributed by atoms with Crippen molar-refractivity contribution in [1.82, 2.24) is 0 Å². The summed E-state index contributed by atoms with van der Waals surface area (Å²) in [5.41, 5.74) is 4.45. The van der Waals surface area contributed by atoms with E-state index < -0.39 is 23.2 Å². The van der Waals surface area contributed by atoms with Gasteiger partial charge < -0.3 is 15.9 Å². The lowest BCUT2D eigenvalue weighted by atomic mass is 10.0. The Kier molecular flexibility index (Phi) is 3.69. The third-order valence-corrected chi connectivity index (χ3v) is 2.46. The van der Waals surface area contributed by atoms with Crippen LogP contribution in [-0.4, -0.2) is 28.1 Å². The van der Waals surface area contributed by atoms with Crippen LogP contribution in [0.1, 0.15) is 31.7 Å². The smallest absolute Gasteiger partial charge is 0.335 e. The molecule has 0 radical (unpaired) electrons. The van der Waals surface area contributed by atoms with Crippen molar-refractivity contribution in [3.63, 3.8) is 0 Å². The predicted molar refractivity (Wildman–Crippen MR) is 58.1 cm³/mol. The van der Waals surface area contributed by atoms with Crippen LogP contribution >= 0.6 is 11.6 Å². The number of carbonyl (C=O) groups is 3. The van der Waals surface area contributed by atoms with Crippen molar-refractivity contribution in [2.45, 2.75) is 5.38 Å². The second-order valence-corrected chi connectivity index (χ2v) is 3.66. The molecule has 1 amide bonds. The maximum absolute atomic E-state index is 10.9. The van der Waals surface area contributed by atoms with Crippen LogP contribution in [0.25, 0.3) is 0 Å². The molecule has 7 heteroatoms. The van der Waals surface area contributed by atoms with Crippen LogP contribution in [0.2, 0.25) is 0 Å². The number of hydrogen-bond donors (Lipinski definition) is 3. The third-order valence-electron chi connectivity index (χ3n) is 1.99. The minimum atomic E-state index is -1.32. The third kappa shape index (κ3) is 2.94. The van der Waals surface area contributed by atoms with Gasteiger partial charge in [0.25, 0.3) is 0 Å². The molecular weight excluding hydrogens is 250 g/mol. The zero-order valence-electron chi connectivity index (χ0n) is 8.38. The van der Waals surface area contributed by atoms with Crippen LogP contribution in [0.4, 0.5) is 0 Å². The summed E-state index contributed by atoms with van der Waals surface area (Å²) in [5.74, 6) is -3.52. The molecule has 0 aliphatic heterocycles. The normalized spacial score (nSPS) is 11.8. The lowest BCUT2D eigenvalue weighted by Crippen LogP contribution is -2.18. The Morgan fingerprint density at radius 1 is 1.06 bits per heavy atom. The number of amides is 1. The number of carboxylic acid groups (broad SMARTS) is 2. The summed E-state index contributed by atoms with van der Waals surface area (Å²) in [4.78, 5) is 32.4. The summed E-state index contributed by atoms with van der Waals surface area (Å²) in [6.45, 7) is 0.